The Bertz CT molecular complexity index is 524. The molecule has 5 heteroatoms. The molecular weight excluding hydrogens is 256 g/mol. The second kappa shape index (κ2) is 5.63. The molecule has 2 aliphatic rings. The summed E-state index contributed by atoms with van der Waals surface area (Å²) in [6.07, 6.45) is 3.20. The van der Waals surface area contributed by atoms with Crippen LogP contribution in [0.1, 0.15) is 29.6 Å². The molecule has 1 N–H and O–H groups in total. The van der Waals surface area contributed by atoms with Crippen LogP contribution < -0.4 is 10.2 Å². The van der Waals surface area contributed by atoms with Gasteiger partial charge in [0.05, 0.1) is 23.9 Å². The summed E-state index contributed by atoms with van der Waals surface area (Å²) in [7, 11) is 0. The lowest BCUT2D eigenvalue weighted by Gasteiger charge is -2.23. The van der Waals surface area contributed by atoms with Crippen molar-refractivity contribution < 1.29 is 14.3 Å². The molecule has 1 aromatic carbocycles. The van der Waals surface area contributed by atoms with Crippen LogP contribution >= 0.6 is 0 Å². The van der Waals surface area contributed by atoms with E-state index < -0.39 is 0 Å². The van der Waals surface area contributed by atoms with E-state index in [0.717, 1.165) is 25.9 Å². The highest BCUT2D eigenvalue weighted by Gasteiger charge is 2.27. The van der Waals surface area contributed by atoms with E-state index in [-0.39, 0.29) is 24.5 Å². The van der Waals surface area contributed by atoms with Gasteiger partial charge in [0, 0.05) is 13.2 Å². The Morgan fingerprint density at radius 2 is 2.15 bits per heavy atom. The van der Waals surface area contributed by atoms with Gasteiger partial charge in [-0.3, -0.25) is 9.59 Å². The molecule has 0 spiro atoms. The van der Waals surface area contributed by atoms with Gasteiger partial charge >= 0.3 is 0 Å². The molecular formula is C15H18N2O3. The average molecular weight is 274 g/mol. The van der Waals surface area contributed by atoms with Crippen LogP contribution in [0.3, 0.4) is 0 Å². The number of amides is 2. The third kappa shape index (κ3) is 2.54. The molecule has 1 unspecified atom stereocenters. The van der Waals surface area contributed by atoms with E-state index in [1.165, 1.54) is 0 Å². The maximum Gasteiger partial charge on any atom is 0.253 e. The van der Waals surface area contributed by atoms with Crippen LogP contribution in [-0.4, -0.2) is 37.6 Å². The first-order chi connectivity index (χ1) is 9.75. The molecule has 2 heterocycles. The molecule has 106 valence electrons. The second-order valence-electron chi connectivity index (χ2n) is 5.17. The van der Waals surface area contributed by atoms with Gasteiger partial charge in [0.25, 0.3) is 5.91 Å². The standard InChI is InChI=1S/C15H18N2O3/c18-14-10-16-15(19)12-5-1-2-6-13(12)17(14)8-7-11-4-3-9-20-11/h1-2,5-6,11H,3-4,7-10H2,(H,16,19). The summed E-state index contributed by atoms with van der Waals surface area (Å²) in [5, 5.41) is 2.65. The topological polar surface area (TPSA) is 58.6 Å². The molecule has 1 aromatic rings. The minimum absolute atomic E-state index is 0.0546. The number of hydrogen-bond donors (Lipinski definition) is 1. The van der Waals surface area contributed by atoms with E-state index in [1.54, 1.807) is 11.0 Å². The highest BCUT2D eigenvalue weighted by Crippen LogP contribution is 2.24. The summed E-state index contributed by atoms with van der Waals surface area (Å²) in [6.45, 7) is 1.46. The van der Waals surface area contributed by atoms with E-state index in [4.69, 9.17) is 4.74 Å². The van der Waals surface area contributed by atoms with E-state index in [0.29, 0.717) is 17.8 Å². The third-order valence-corrected chi connectivity index (χ3v) is 3.84. The van der Waals surface area contributed by atoms with Gasteiger partial charge in [0.2, 0.25) is 5.91 Å². The molecule has 0 saturated carbocycles. The number of rotatable bonds is 3. The molecule has 0 bridgehead atoms. The van der Waals surface area contributed by atoms with Gasteiger partial charge in [-0.2, -0.15) is 0 Å². The fourth-order valence-electron chi connectivity index (χ4n) is 2.77. The van der Waals surface area contributed by atoms with Crippen molar-refractivity contribution >= 4 is 17.5 Å². The van der Waals surface area contributed by atoms with Gasteiger partial charge in [0.15, 0.2) is 0 Å². The first-order valence-electron chi connectivity index (χ1n) is 7.05. The van der Waals surface area contributed by atoms with Crippen molar-refractivity contribution in [3.8, 4) is 0 Å². The molecule has 0 aromatic heterocycles. The smallest absolute Gasteiger partial charge is 0.253 e. The zero-order valence-electron chi connectivity index (χ0n) is 11.3. The molecule has 3 rings (SSSR count). The van der Waals surface area contributed by atoms with E-state index in [9.17, 15) is 9.59 Å². The number of benzene rings is 1. The normalized spacial score (nSPS) is 22.4. The van der Waals surface area contributed by atoms with Gasteiger partial charge in [0.1, 0.15) is 0 Å². The number of carbonyl (C=O) groups is 2. The Labute approximate surface area is 117 Å². The molecule has 20 heavy (non-hydrogen) atoms. The Morgan fingerprint density at radius 1 is 1.30 bits per heavy atom. The average Bonchev–Trinajstić information content (AvgIpc) is 2.95. The van der Waals surface area contributed by atoms with Gasteiger partial charge < -0.3 is 15.0 Å². The molecule has 2 aliphatic heterocycles. The summed E-state index contributed by atoms with van der Waals surface area (Å²) >= 11 is 0. The maximum atomic E-state index is 12.2. The molecule has 0 aliphatic carbocycles. The molecule has 0 radical (unpaired) electrons. The monoisotopic (exact) mass is 274 g/mol. The van der Waals surface area contributed by atoms with Crippen LogP contribution in [0.2, 0.25) is 0 Å². The zero-order chi connectivity index (χ0) is 13.9. The SMILES string of the molecule is O=C1NCC(=O)N(CCC2CCCO2)c2ccccc21. The number of hydrogen-bond acceptors (Lipinski definition) is 3. The lowest BCUT2D eigenvalue weighted by atomic mass is 10.1. The van der Waals surface area contributed by atoms with E-state index in [2.05, 4.69) is 5.32 Å². The Balaban J connectivity index is 1.81. The number of fused-ring (bicyclic) bond motifs is 1. The Kier molecular flexibility index (Phi) is 3.69. The van der Waals surface area contributed by atoms with Crippen LogP contribution in [-0.2, 0) is 9.53 Å². The number of ether oxygens (including phenoxy) is 1. The number of nitrogens with one attached hydrogen (secondary N) is 1. The van der Waals surface area contributed by atoms with E-state index >= 15 is 0 Å². The number of anilines is 1. The van der Waals surface area contributed by atoms with Crippen molar-refractivity contribution in [2.75, 3.05) is 24.6 Å². The van der Waals surface area contributed by atoms with E-state index in [1.807, 2.05) is 18.2 Å². The highest BCUT2D eigenvalue weighted by atomic mass is 16.5. The molecule has 5 nitrogen and oxygen atoms in total. The first kappa shape index (κ1) is 13.1. The van der Waals surface area contributed by atoms with Crippen molar-refractivity contribution in [2.24, 2.45) is 0 Å². The predicted molar refractivity (Wildman–Crippen MR) is 74.7 cm³/mol. The van der Waals surface area contributed by atoms with Crippen molar-refractivity contribution in [1.29, 1.82) is 0 Å². The Morgan fingerprint density at radius 3 is 2.95 bits per heavy atom. The fraction of sp³-hybridized carbons (Fsp3) is 0.467. The number of carbonyl (C=O) groups excluding carboxylic acids is 2. The third-order valence-electron chi connectivity index (χ3n) is 3.84. The van der Waals surface area contributed by atoms with Crippen LogP contribution in [0.5, 0.6) is 0 Å². The summed E-state index contributed by atoms with van der Waals surface area (Å²) in [4.78, 5) is 25.8. The van der Waals surface area contributed by atoms with Crippen molar-refractivity contribution in [3.05, 3.63) is 29.8 Å². The van der Waals surface area contributed by atoms with Crippen LogP contribution in [0, 0.1) is 0 Å². The van der Waals surface area contributed by atoms with Gasteiger partial charge in [-0.05, 0) is 31.4 Å². The van der Waals surface area contributed by atoms with Crippen molar-refractivity contribution in [1.82, 2.24) is 5.32 Å². The lowest BCUT2D eigenvalue weighted by molar-refractivity contribution is -0.117. The number of para-hydroxylation sites is 1. The van der Waals surface area contributed by atoms with Crippen LogP contribution in [0.15, 0.2) is 24.3 Å². The highest BCUT2D eigenvalue weighted by molar-refractivity contribution is 6.09. The summed E-state index contributed by atoms with van der Waals surface area (Å²) in [5.41, 5.74) is 1.26. The quantitative estimate of drug-likeness (QED) is 0.904. The molecule has 2 amide bonds. The molecule has 1 fully saturated rings. The second-order valence-corrected chi connectivity index (χ2v) is 5.17. The number of nitrogens with zero attached hydrogens (tertiary/aromatic N) is 1. The van der Waals surface area contributed by atoms with Crippen LogP contribution in [0.4, 0.5) is 5.69 Å². The fourth-order valence-corrected chi connectivity index (χ4v) is 2.77. The maximum absolute atomic E-state index is 12.2. The van der Waals surface area contributed by atoms with Gasteiger partial charge in [-0.25, -0.2) is 0 Å². The minimum atomic E-state index is -0.187. The zero-order valence-corrected chi connectivity index (χ0v) is 11.3. The van der Waals surface area contributed by atoms with Crippen molar-refractivity contribution in [2.45, 2.75) is 25.4 Å². The lowest BCUT2D eigenvalue weighted by Crippen LogP contribution is -2.38. The summed E-state index contributed by atoms with van der Waals surface area (Å²) < 4.78 is 5.60. The minimum Gasteiger partial charge on any atom is -0.378 e. The van der Waals surface area contributed by atoms with Crippen LogP contribution in [0.25, 0.3) is 0 Å². The van der Waals surface area contributed by atoms with Gasteiger partial charge in [-0.1, -0.05) is 12.1 Å². The first-order valence-corrected chi connectivity index (χ1v) is 7.05. The largest absolute Gasteiger partial charge is 0.378 e. The Hall–Kier alpha value is -1.88. The predicted octanol–water partition coefficient (Wildman–Crippen LogP) is 1.33. The van der Waals surface area contributed by atoms with Gasteiger partial charge in [-0.15, -0.1) is 0 Å². The summed E-state index contributed by atoms with van der Waals surface area (Å²) in [6, 6.07) is 7.24. The summed E-state index contributed by atoms with van der Waals surface area (Å²) in [5.74, 6) is -0.255. The van der Waals surface area contributed by atoms with Crippen molar-refractivity contribution in [3.63, 3.8) is 0 Å². The molecule has 1 atom stereocenters. The molecule has 1 saturated heterocycles.